The van der Waals surface area contributed by atoms with Crippen LogP contribution in [0.2, 0.25) is 0 Å². The summed E-state index contributed by atoms with van der Waals surface area (Å²) in [6, 6.07) is 4.09. The van der Waals surface area contributed by atoms with Gasteiger partial charge in [-0.3, -0.25) is 9.59 Å². The molecule has 3 N–H and O–H groups in total. The molecule has 5 nitrogen and oxygen atoms in total. The van der Waals surface area contributed by atoms with E-state index in [1.807, 2.05) is 12.1 Å². The third-order valence-electron chi connectivity index (χ3n) is 5.08. The highest BCUT2D eigenvalue weighted by atomic mass is 16.3. The molecule has 0 bridgehead atoms. The van der Waals surface area contributed by atoms with Crippen molar-refractivity contribution < 1.29 is 14.7 Å². The van der Waals surface area contributed by atoms with E-state index < -0.39 is 0 Å². The van der Waals surface area contributed by atoms with Gasteiger partial charge in [-0.2, -0.15) is 0 Å². The molecule has 0 spiro atoms. The summed E-state index contributed by atoms with van der Waals surface area (Å²) in [6.45, 7) is 14.0. The van der Waals surface area contributed by atoms with Crippen LogP contribution >= 0.6 is 0 Å². The summed E-state index contributed by atoms with van der Waals surface area (Å²) in [5, 5.41) is 16.4. The third kappa shape index (κ3) is 8.88. The third-order valence-corrected chi connectivity index (χ3v) is 5.08. The van der Waals surface area contributed by atoms with Crippen LogP contribution in [0.4, 0.5) is 0 Å². The van der Waals surface area contributed by atoms with Crippen LogP contribution in [-0.2, 0) is 26.8 Å². The molecule has 0 fully saturated rings. The van der Waals surface area contributed by atoms with E-state index >= 15 is 0 Å². The lowest BCUT2D eigenvalue weighted by atomic mass is 9.78. The van der Waals surface area contributed by atoms with Gasteiger partial charge in [0.2, 0.25) is 12.3 Å². The van der Waals surface area contributed by atoms with E-state index in [1.54, 1.807) is 0 Å². The van der Waals surface area contributed by atoms with Gasteiger partial charge in [0, 0.05) is 19.5 Å². The number of benzene rings is 1. The summed E-state index contributed by atoms with van der Waals surface area (Å²) in [4.78, 5) is 22.4. The minimum absolute atomic E-state index is 0.0651. The van der Waals surface area contributed by atoms with E-state index in [0.717, 1.165) is 55.3 Å². The second-order valence-electron chi connectivity index (χ2n) is 9.88. The van der Waals surface area contributed by atoms with Crippen molar-refractivity contribution in [3.05, 3.63) is 28.8 Å². The predicted molar refractivity (Wildman–Crippen MR) is 119 cm³/mol. The fraction of sp³-hybridized carbons (Fsp3) is 0.667. The van der Waals surface area contributed by atoms with E-state index in [4.69, 9.17) is 0 Å². The quantitative estimate of drug-likeness (QED) is 0.379. The molecule has 0 aromatic heterocycles. The molecule has 0 radical (unpaired) electrons. The largest absolute Gasteiger partial charge is 0.507 e. The monoisotopic (exact) mass is 404 g/mol. The van der Waals surface area contributed by atoms with Crippen molar-refractivity contribution in [3.63, 3.8) is 0 Å². The second-order valence-corrected chi connectivity index (χ2v) is 9.88. The molecular weight excluding hydrogens is 364 g/mol. The molecule has 0 unspecified atom stereocenters. The van der Waals surface area contributed by atoms with Crippen LogP contribution in [-0.4, -0.2) is 30.5 Å². The lowest BCUT2D eigenvalue weighted by Gasteiger charge is -2.28. The number of aromatic hydroxyl groups is 1. The lowest BCUT2D eigenvalue weighted by Crippen LogP contribution is -2.25. The molecule has 5 heteroatoms. The molecule has 0 aliphatic carbocycles. The number of hydrogen-bond donors (Lipinski definition) is 3. The molecule has 0 aliphatic heterocycles. The summed E-state index contributed by atoms with van der Waals surface area (Å²) < 4.78 is 0. The number of carbonyl (C=O) groups excluding carboxylic acids is 2. The maximum absolute atomic E-state index is 12.2. The van der Waals surface area contributed by atoms with Gasteiger partial charge in [-0.05, 0) is 46.8 Å². The Labute approximate surface area is 176 Å². The molecule has 1 aromatic carbocycles. The van der Waals surface area contributed by atoms with Crippen LogP contribution in [0, 0.1) is 0 Å². The summed E-state index contributed by atoms with van der Waals surface area (Å²) >= 11 is 0. The van der Waals surface area contributed by atoms with Gasteiger partial charge >= 0.3 is 0 Å². The highest BCUT2D eigenvalue weighted by Crippen LogP contribution is 2.39. The summed E-state index contributed by atoms with van der Waals surface area (Å²) in [5.74, 6) is 0.442. The number of carbonyl (C=O) groups is 2. The number of amides is 2. The Kier molecular flexibility index (Phi) is 9.67. The van der Waals surface area contributed by atoms with Crippen molar-refractivity contribution in [2.24, 2.45) is 0 Å². The Morgan fingerprint density at radius 1 is 0.931 bits per heavy atom. The molecule has 0 saturated heterocycles. The minimum Gasteiger partial charge on any atom is -0.507 e. The van der Waals surface area contributed by atoms with E-state index in [-0.39, 0.29) is 16.7 Å². The highest BCUT2D eigenvalue weighted by Gasteiger charge is 2.26. The zero-order chi connectivity index (χ0) is 22.1. The number of aryl methyl sites for hydroxylation is 1. The van der Waals surface area contributed by atoms with Gasteiger partial charge in [-0.15, -0.1) is 0 Å². The summed E-state index contributed by atoms with van der Waals surface area (Å²) in [7, 11) is 0. The molecule has 2 amide bonds. The Hall–Kier alpha value is -2.04. The standard InChI is InChI=1S/C24H40N2O3/c1-23(2,3)19-15-18(16-20(22(19)29)24(4,5)6)11-12-21(28)26-14-10-8-7-9-13-25-17-27/h15-17,29H,7-14H2,1-6H3,(H,25,27)(H,26,28). The zero-order valence-electron chi connectivity index (χ0n) is 19.2. The Balaban J connectivity index is 2.58. The van der Waals surface area contributed by atoms with E-state index in [2.05, 4.69) is 52.2 Å². The molecule has 1 aromatic rings. The lowest BCUT2D eigenvalue weighted by molar-refractivity contribution is -0.121. The molecule has 164 valence electrons. The molecule has 0 atom stereocenters. The molecule has 0 heterocycles. The van der Waals surface area contributed by atoms with Crippen LogP contribution in [0.3, 0.4) is 0 Å². The zero-order valence-corrected chi connectivity index (χ0v) is 19.2. The first kappa shape index (κ1) is 25.0. The van der Waals surface area contributed by atoms with Gasteiger partial charge in [-0.1, -0.05) is 66.5 Å². The maximum Gasteiger partial charge on any atom is 0.220 e. The predicted octanol–water partition coefficient (Wildman–Crippen LogP) is 4.34. The first-order valence-electron chi connectivity index (χ1n) is 10.8. The van der Waals surface area contributed by atoms with Crippen molar-refractivity contribution >= 4 is 12.3 Å². The first-order chi connectivity index (χ1) is 13.5. The summed E-state index contributed by atoms with van der Waals surface area (Å²) in [5.41, 5.74) is 2.64. The number of phenols is 1. The van der Waals surface area contributed by atoms with Crippen LogP contribution < -0.4 is 10.6 Å². The van der Waals surface area contributed by atoms with Gasteiger partial charge in [0.25, 0.3) is 0 Å². The van der Waals surface area contributed by atoms with Crippen molar-refractivity contribution in [3.8, 4) is 5.75 Å². The summed E-state index contributed by atoms with van der Waals surface area (Å²) in [6.07, 6.45) is 5.85. The molecular formula is C24H40N2O3. The van der Waals surface area contributed by atoms with E-state index in [9.17, 15) is 14.7 Å². The van der Waals surface area contributed by atoms with Gasteiger partial charge in [0.05, 0.1) is 0 Å². The van der Waals surface area contributed by atoms with Crippen molar-refractivity contribution in [2.45, 2.75) is 90.9 Å². The maximum atomic E-state index is 12.2. The molecule has 0 aliphatic rings. The number of nitrogens with one attached hydrogen (secondary N) is 2. The van der Waals surface area contributed by atoms with Crippen LogP contribution in [0.25, 0.3) is 0 Å². The number of unbranched alkanes of at least 4 members (excludes halogenated alkanes) is 3. The van der Waals surface area contributed by atoms with Gasteiger partial charge < -0.3 is 15.7 Å². The molecule has 1 rings (SSSR count). The van der Waals surface area contributed by atoms with Crippen molar-refractivity contribution in [1.29, 1.82) is 0 Å². The average molecular weight is 405 g/mol. The minimum atomic E-state index is -0.163. The normalized spacial score (nSPS) is 11.9. The van der Waals surface area contributed by atoms with E-state index in [1.165, 1.54) is 0 Å². The van der Waals surface area contributed by atoms with E-state index in [0.29, 0.717) is 25.1 Å². The SMILES string of the molecule is CC(C)(C)c1cc(CCC(=O)NCCCCCCNC=O)cc(C(C)(C)C)c1O. The average Bonchev–Trinajstić information content (AvgIpc) is 2.61. The molecule has 29 heavy (non-hydrogen) atoms. The Morgan fingerprint density at radius 3 is 1.93 bits per heavy atom. The Bertz CT molecular complexity index is 635. The van der Waals surface area contributed by atoms with Crippen molar-refractivity contribution in [1.82, 2.24) is 10.6 Å². The van der Waals surface area contributed by atoms with Crippen LogP contribution in [0.15, 0.2) is 12.1 Å². The number of hydrogen-bond acceptors (Lipinski definition) is 3. The topological polar surface area (TPSA) is 78.4 Å². The first-order valence-corrected chi connectivity index (χ1v) is 10.8. The fourth-order valence-corrected chi connectivity index (χ4v) is 3.32. The van der Waals surface area contributed by atoms with Crippen LogP contribution in [0.1, 0.15) is 90.3 Å². The van der Waals surface area contributed by atoms with Gasteiger partial charge in [0.15, 0.2) is 0 Å². The molecule has 0 saturated carbocycles. The smallest absolute Gasteiger partial charge is 0.220 e. The second kappa shape index (κ2) is 11.2. The number of phenolic OH excluding ortho intramolecular Hbond substituents is 1. The Morgan fingerprint density at radius 2 is 1.45 bits per heavy atom. The van der Waals surface area contributed by atoms with Crippen molar-refractivity contribution in [2.75, 3.05) is 13.1 Å². The number of rotatable bonds is 11. The van der Waals surface area contributed by atoms with Gasteiger partial charge in [-0.25, -0.2) is 0 Å². The van der Waals surface area contributed by atoms with Gasteiger partial charge in [0.1, 0.15) is 5.75 Å². The highest BCUT2D eigenvalue weighted by molar-refractivity contribution is 5.76. The van der Waals surface area contributed by atoms with Crippen LogP contribution in [0.5, 0.6) is 5.75 Å². The fourth-order valence-electron chi connectivity index (χ4n) is 3.32.